The Morgan fingerprint density at radius 2 is 2.31 bits per heavy atom. The number of halogens is 3. The fraction of sp³-hybridized carbons (Fsp3) is 0.750. The molecule has 0 bridgehead atoms. The third-order valence-electron chi connectivity index (χ3n) is 2.06. The van der Waals surface area contributed by atoms with Gasteiger partial charge >= 0.3 is 6.18 Å². The third kappa shape index (κ3) is 3.11. The lowest BCUT2D eigenvalue weighted by atomic mass is 10.3. The first-order chi connectivity index (χ1) is 7.54. The molecule has 0 aromatic carbocycles. The van der Waals surface area contributed by atoms with Crippen LogP contribution < -0.4 is 5.32 Å². The maximum Gasteiger partial charge on any atom is 0.396 e. The van der Waals surface area contributed by atoms with Crippen molar-refractivity contribution in [3.05, 3.63) is 11.7 Å². The standard InChI is InChI=1S/C8H10F3N3OS/c9-8(10,11)3-6-13-7(15-14-6)5-4-16-2-1-12-5/h5,12H,1-4H2. The summed E-state index contributed by atoms with van der Waals surface area (Å²) in [7, 11) is 0. The van der Waals surface area contributed by atoms with E-state index in [0.29, 0.717) is 0 Å². The number of hydrogen-bond acceptors (Lipinski definition) is 5. The van der Waals surface area contributed by atoms with Crippen LogP contribution >= 0.6 is 11.8 Å². The fourth-order valence-electron chi connectivity index (χ4n) is 1.38. The highest BCUT2D eigenvalue weighted by molar-refractivity contribution is 7.99. The lowest BCUT2D eigenvalue weighted by Crippen LogP contribution is -2.30. The van der Waals surface area contributed by atoms with Crippen molar-refractivity contribution >= 4 is 11.8 Å². The van der Waals surface area contributed by atoms with Crippen molar-refractivity contribution in [2.24, 2.45) is 0 Å². The highest BCUT2D eigenvalue weighted by Gasteiger charge is 2.31. The van der Waals surface area contributed by atoms with Crippen LogP contribution in [0.2, 0.25) is 0 Å². The zero-order chi connectivity index (χ0) is 11.6. The quantitative estimate of drug-likeness (QED) is 0.866. The first-order valence-corrected chi connectivity index (χ1v) is 5.90. The third-order valence-corrected chi connectivity index (χ3v) is 3.12. The van der Waals surface area contributed by atoms with Gasteiger partial charge in [0.1, 0.15) is 6.42 Å². The summed E-state index contributed by atoms with van der Waals surface area (Å²) < 4.78 is 41.0. The summed E-state index contributed by atoms with van der Waals surface area (Å²) in [4.78, 5) is 3.75. The van der Waals surface area contributed by atoms with Gasteiger partial charge in [-0.1, -0.05) is 5.16 Å². The molecule has 16 heavy (non-hydrogen) atoms. The number of nitrogens with zero attached hydrogens (tertiary/aromatic N) is 2. The highest BCUT2D eigenvalue weighted by Crippen LogP contribution is 2.23. The van der Waals surface area contributed by atoms with Crippen molar-refractivity contribution < 1.29 is 17.7 Å². The lowest BCUT2D eigenvalue weighted by Gasteiger charge is -2.19. The van der Waals surface area contributed by atoms with E-state index < -0.39 is 12.6 Å². The van der Waals surface area contributed by atoms with Gasteiger partial charge in [0.05, 0.1) is 6.04 Å². The second kappa shape index (κ2) is 4.62. The molecule has 0 radical (unpaired) electrons. The molecular weight excluding hydrogens is 243 g/mol. The maximum atomic E-state index is 12.1. The number of thioether (sulfide) groups is 1. The predicted molar refractivity (Wildman–Crippen MR) is 52.1 cm³/mol. The van der Waals surface area contributed by atoms with Crippen LogP contribution in [0.4, 0.5) is 13.2 Å². The average molecular weight is 253 g/mol. The Morgan fingerprint density at radius 1 is 1.50 bits per heavy atom. The summed E-state index contributed by atoms with van der Waals surface area (Å²) in [5.41, 5.74) is 0. The van der Waals surface area contributed by atoms with E-state index >= 15 is 0 Å². The Labute approximate surface area is 94.0 Å². The monoisotopic (exact) mass is 253 g/mol. The summed E-state index contributed by atoms with van der Waals surface area (Å²) >= 11 is 1.71. The van der Waals surface area contributed by atoms with Crippen molar-refractivity contribution in [1.82, 2.24) is 15.5 Å². The number of alkyl halides is 3. The molecule has 1 aromatic rings. The SMILES string of the molecule is FC(F)(F)Cc1noc(C2CSCCN2)n1. The number of hydrogen-bond donors (Lipinski definition) is 1. The van der Waals surface area contributed by atoms with E-state index in [-0.39, 0.29) is 17.8 Å². The fourth-order valence-corrected chi connectivity index (χ4v) is 2.31. The Hall–Kier alpha value is -0.760. The minimum atomic E-state index is -4.30. The van der Waals surface area contributed by atoms with Gasteiger partial charge in [-0.25, -0.2) is 0 Å². The minimum absolute atomic E-state index is 0.131. The second-order valence-corrected chi connectivity index (χ2v) is 4.57. The van der Waals surface area contributed by atoms with Gasteiger partial charge in [0, 0.05) is 18.1 Å². The van der Waals surface area contributed by atoms with Crippen LogP contribution in [0, 0.1) is 0 Å². The predicted octanol–water partition coefficient (Wildman–Crippen LogP) is 1.55. The van der Waals surface area contributed by atoms with E-state index in [1.807, 2.05) is 0 Å². The summed E-state index contributed by atoms with van der Waals surface area (Å²) in [5, 5.41) is 6.43. The van der Waals surface area contributed by atoms with Gasteiger partial charge in [0.15, 0.2) is 5.82 Å². The van der Waals surface area contributed by atoms with Gasteiger partial charge in [-0.05, 0) is 0 Å². The minimum Gasteiger partial charge on any atom is -0.338 e. The van der Waals surface area contributed by atoms with Crippen molar-refractivity contribution in [3.63, 3.8) is 0 Å². The van der Waals surface area contributed by atoms with Crippen LogP contribution in [0.25, 0.3) is 0 Å². The van der Waals surface area contributed by atoms with Crippen molar-refractivity contribution in [3.8, 4) is 0 Å². The van der Waals surface area contributed by atoms with Crippen LogP contribution in [-0.4, -0.2) is 34.4 Å². The summed E-state index contributed by atoms with van der Waals surface area (Å²) in [6, 6.07) is -0.131. The van der Waals surface area contributed by atoms with E-state index in [2.05, 4.69) is 15.5 Å². The van der Waals surface area contributed by atoms with E-state index in [4.69, 9.17) is 4.52 Å². The van der Waals surface area contributed by atoms with Gasteiger partial charge in [0.2, 0.25) is 5.89 Å². The van der Waals surface area contributed by atoms with E-state index in [1.54, 1.807) is 11.8 Å². The molecule has 1 unspecified atom stereocenters. The van der Waals surface area contributed by atoms with Gasteiger partial charge in [-0.15, -0.1) is 0 Å². The zero-order valence-electron chi connectivity index (χ0n) is 8.25. The van der Waals surface area contributed by atoms with Crippen molar-refractivity contribution in [2.75, 3.05) is 18.1 Å². The molecule has 2 rings (SSSR count). The van der Waals surface area contributed by atoms with Gasteiger partial charge < -0.3 is 9.84 Å². The molecule has 1 fully saturated rings. The van der Waals surface area contributed by atoms with Crippen LogP contribution in [-0.2, 0) is 6.42 Å². The number of aromatic nitrogens is 2. The Balaban J connectivity index is 2.01. The van der Waals surface area contributed by atoms with E-state index in [1.165, 1.54) is 0 Å². The normalized spacial score (nSPS) is 22.3. The smallest absolute Gasteiger partial charge is 0.338 e. The average Bonchev–Trinajstić information content (AvgIpc) is 2.65. The summed E-state index contributed by atoms with van der Waals surface area (Å²) in [6.45, 7) is 0.798. The summed E-state index contributed by atoms with van der Waals surface area (Å²) in [6.07, 6.45) is -5.44. The molecule has 90 valence electrons. The van der Waals surface area contributed by atoms with Crippen molar-refractivity contribution in [1.29, 1.82) is 0 Å². The van der Waals surface area contributed by atoms with Crippen LogP contribution in [0.3, 0.4) is 0 Å². The van der Waals surface area contributed by atoms with Crippen LogP contribution in [0.1, 0.15) is 17.8 Å². The highest BCUT2D eigenvalue weighted by atomic mass is 32.2. The van der Waals surface area contributed by atoms with Gasteiger partial charge in [-0.2, -0.15) is 29.9 Å². The molecule has 2 heterocycles. The second-order valence-electron chi connectivity index (χ2n) is 3.42. The molecule has 0 aliphatic carbocycles. The number of rotatable bonds is 2. The van der Waals surface area contributed by atoms with E-state index in [9.17, 15) is 13.2 Å². The van der Waals surface area contributed by atoms with E-state index in [0.717, 1.165) is 18.1 Å². The van der Waals surface area contributed by atoms with Gasteiger partial charge in [0.25, 0.3) is 0 Å². The van der Waals surface area contributed by atoms with Gasteiger partial charge in [-0.3, -0.25) is 0 Å². The first-order valence-electron chi connectivity index (χ1n) is 4.75. The zero-order valence-corrected chi connectivity index (χ0v) is 9.07. The Morgan fingerprint density at radius 3 is 2.94 bits per heavy atom. The molecule has 1 saturated heterocycles. The maximum absolute atomic E-state index is 12.1. The molecule has 1 atom stereocenters. The molecular formula is C8H10F3N3OS. The lowest BCUT2D eigenvalue weighted by molar-refractivity contribution is -0.128. The molecule has 0 saturated carbocycles. The number of nitrogens with one attached hydrogen (secondary N) is 1. The topological polar surface area (TPSA) is 51.0 Å². The van der Waals surface area contributed by atoms with Crippen LogP contribution in [0.5, 0.6) is 0 Å². The first kappa shape index (κ1) is 11.7. The molecule has 4 nitrogen and oxygen atoms in total. The molecule has 0 amide bonds. The van der Waals surface area contributed by atoms with Crippen molar-refractivity contribution in [2.45, 2.75) is 18.6 Å². The largest absolute Gasteiger partial charge is 0.396 e. The molecule has 1 aliphatic heterocycles. The summed E-state index contributed by atoms with van der Waals surface area (Å²) in [5.74, 6) is 1.67. The van der Waals surface area contributed by atoms with Crippen LogP contribution in [0.15, 0.2) is 4.52 Å². The Kier molecular flexibility index (Phi) is 3.38. The Bertz CT molecular complexity index is 349. The molecule has 0 spiro atoms. The molecule has 1 N–H and O–H groups in total. The molecule has 1 aromatic heterocycles. The molecule has 1 aliphatic rings. The molecule has 8 heteroatoms.